The predicted octanol–water partition coefficient (Wildman–Crippen LogP) is 1.88. The summed E-state index contributed by atoms with van der Waals surface area (Å²) in [5.74, 6) is 1.52. The molecule has 2 aromatic rings. The lowest BCUT2D eigenvalue weighted by atomic mass is 10.0. The summed E-state index contributed by atoms with van der Waals surface area (Å²) in [5, 5.41) is 16.9. The van der Waals surface area contributed by atoms with Gasteiger partial charge in [0.05, 0.1) is 11.8 Å². The third kappa shape index (κ3) is 2.56. The first-order chi connectivity index (χ1) is 9.70. The van der Waals surface area contributed by atoms with Gasteiger partial charge in [0.1, 0.15) is 5.82 Å². The first kappa shape index (κ1) is 13.2. The standard InChI is InChI=1S/C14H21N5O/c1-2-15-11-9-19-8-7-16-13(19)12(18-11)17-10-14(20)5-3-4-6-14/h7-9,15,20H,2-6,10H2,1H3,(H,17,18). The van der Waals surface area contributed by atoms with Crippen molar-refractivity contribution in [1.82, 2.24) is 14.4 Å². The minimum Gasteiger partial charge on any atom is -0.388 e. The Balaban J connectivity index is 1.83. The maximum Gasteiger partial charge on any atom is 0.180 e. The number of nitrogens with one attached hydrogen (secondary N) is 2. The highest BCUT2D eigenvalue weighted by molar-refractivity contribution is 5.65. The van der Waals surface area contributed by atoms with E-state index in [0.717, 1.165) is 43.7 Å². The Morgan fingerprint density at radius 1 is 1.35 bits per heavy atom. The maximum absolute atomic E-state index is 10.4. The van der Waals surface area contributed by atoms with E-state index in [1.54, 1.807) is 6.20 Å². The van der Waals surface area contributed by atoms with E-state index in [0.29, 0.717) is 12.4 Å². The first-order valence-corrected chi connectivity index (χ1v) is 7.24. The Bertz CT molecular complexity index is 588. The number of nitrogens with zero attached hydrogens (tertiary/aromatic N) is 3. The van der Waals surface area contributed by atoms with Gasteiger partial charge in [0.25, 0.3) is 0 Å². The molecule has 2 heterocycles. The highest BCUT2D eigenvalue weighted by atomic mass is 16.3. The molecule has 6 nitrogen and oxygen atoms in total. The van der Waals surface area contributed by atoms with E-state index in [1.165, 1.54) is 0 Å². The van der Waals surface area contributed by atoms with Crippen LogP contribution in [-0.4, -0.2) is 38.2 Å². The second-order valence-electron chi connectivity index (χ2n) is 5.45. The Hall–Kier alpha value is -1.82. The van der Waals surface area contributed by atoms with Gasteiger partial charge in [-0.1, -0.05) is 12.8 Å². The summed E-state index contributed by atoms with van der Waals surface area (Å²) in [6.07, 6.45) is 9.48. The average Bonchev–Trinajstić information content (AvgIpc) is 3.06. The van der Waals surface area contributed by atoms with E-state index >= 15 is 0 Å². The van der Waals surface area contributed by atoms with Gasteiger partial charge in [0.2, 0.25) is 0 Å². The van der Waals surface area contributed by atoms with Gasteiger partial charge in [-0.25, -0.2) is 9.97 Å². The highest BCUT2D eigenvalue weighted by Crippen LogP contribution is 2.30. The SMILES string of the molecule is CCNc1cn2ccnc2c(NCC2(O)CCCC2)n1. The second-order valence-corrected chi connectivity index (χ2v) is 5.45. The van der Waals surface area contributed by atoms with E-state index in [1.807, 2.05) is 23.7 Å². The van der Waals surface area contributed by atoms with E-state index in [2.05, 4.69) is 20.6 Å². The van der Waals surface area contributed by atoms with Crippen LogP contribution in [0.15, 0.2) is 18.6 Å². The second kappa shape index (κ2) is 5.28. The highest BCUT2D eigenvalue weighted by Gasteiger charge is 2.31. The van der Waals surface area contributed by atoms with Gasteiger partial charge < -0.3 is 20.1 Å². The summed E-state index contributed by atoms with van der Waals surface area (Å²) in [5.41, 5.74) is 0.188. The van der Waals surface area contributed by atoms with Crippen LogP contribution in [0.2, 0.25) is 0 Å². The van der Waals surface area contributed by atoms with Crippen LogP contribution >= 0.6 is 0 Å². The number of aromatic nitrogens is 3. The Morgan fingerprint density at radius 2 is 2.15 bits per heavy atom. The molecule has 2 aromatic heterocycles. The molecule has 6 heteroatoms. The Morgan fingerprint density at radius 3 is 2.90 bits per heavy atom. The fourth-order valence-corrected chi connectivity index (χ4v) is 2.77. The summed E-state index contributed by atoms with van der Waals surface area (Å²) >= 11 is 0. The molecule has 20 heavy (non-hydrogen) atoms. The smallest absolute Gasteiger partial charge is 0.180 e. The molecular weight excluding hydrogens is 254 g/mol. The normalized spacial score (nSPS) is 17.5. The molecule has 0 aromatic carbocycles. The van der Waals surface area contributed by atoms with Gasteiger partial charge in [-0.15, -0.1) is 0 Å². The van der Waals surface area contributed by atoms with Crippen LogP contribution in [0.25, 0.3) is 5.65 Å². The molecule has 0 saturated heterocycles. The van der Waals surface area contributed by atoms with Crippen LogP contribution in [0.4, 0.5) is 11.6 Å². The van der Waals surface area contributed by atoms with Crippen molar-refractivity contribution in [2.45, 2.75) is 38.2 Å². The van der Waals surface area contributed by atoms with Crippen LogP contribution in [-0.2, 0) is 0 Å². The maximum atomic E-state index is 10.4. The Kier molecular flexibility index (Phi) is 3.48. The van der Waals surface area contributed by atoms with Crippen LogP contribution in [0.5, 0.6) is 0 Å². The third-order valence-electron chi connectivity index (χ3n) is 3.85. The molecule has 0 spiro atoms. The number of aliphatic hydroxyl groups is 1. The molecule has 0 aliphatic heterocycles. The van der Waals surface area contributed by atoms with Gasteiger partial charge in [-0.05, 0) is 19.8 Å². The first-order valence-electron chi connectivity index (χ1n) is 7.24. The quantitative estimate of drug-likeness (QED) is 0.777. The number of fused-ring (bicyclic) bond motifs is 1. The van der Waals surface area contributed by atoms with Crippen LogP contribution in [0.3, 0.4) is 0 Å². The van der Waals surface area contributed by atoms with Crippen molar-refractivity contribution >= 4 is 17.3 Å². The lowest BCUT2D eigenvalue weighted by Crippen LogP contribution is -2.33. The number of hydrogen-bond donors (Lipinski definition) is 3. The van der Waals surface area contributed by atoms with Crippen molar-refractivity contribution in [3.63, 3.8) is 0 Å². The fourth-order valence-electron chi connectivity index (χ4n) is 2.77. The molecule has 0 atom stereocenters. The van der Waals surface area contributed by atoms with Crippen molar-refractivity contribution in [1.29, 1.82) is 0 Å². The number of anilines is 2. The topological polar surface area (TPSA) is 74.5 Å². The van der Waals surface area contributed by atoms with Crippen LogP contribution in [0.1, 0.15) is 32.6 Å². The molecule has 0 bridgehead atoms. The largest absolute Gasteiger partial charge is 0.388 e. The molecule has 1 fully saturated rings. The minimum atomic E-state index is -0.598. The zero-order valence-electron chi connectivity index (χ0n) is 11.8. The summed E-state index contributed by atoms with van der Waals surface area (Å²) in [6.45, 7) is 3.38. The molecular formula is C14H21N5O. The lowest BCUT2D eigenvalue weighted by molar-refractivity contribution is 0.0614. The van der Waals surface area contributed by atoms with Crippen LogP contribution < -0.4 is 10.6 Å². The minimum absolute atomic E-state index is 0.526. The summed E-state index contributed by atoms with van der Waals surface area (Å²) in [7, 11) is 0. The molecule has 1 aliphatic rings. The van der Waals surface area contributed by atoms with E-state index in [-0.39, 0.29) is 0 Å². The van der Waals surface area contributed by atoms with Crippen molar-refractivity contribution < 1.29 is 5.11 Å². The number of rotatable bonds is 5. The molecule has 108 valence electrons. The molecule has 0 radical (unpaired) electrons. The number of hydrogen-bond acceptors (Lipinski definition) is 5. The molecule has 3 N–H and O–H groups in total. The van der Waals surface area contributed by atoms with Crippen molar-refractivity contribution in [2.75, 3.05) is 23.7 Å². The van der Waals surface area contributed by atoms with E-state index in [9.17, 15) is 5.11 Å². The van der Waals surface area contributed by atoms with Gasteiger partial charge in [0, 0.05) is 25.5 Å². The zero-order valence-corrected chi connectivity index (χ0v) is 11.8. The monoisotopic (exact) mass is 275 g/mol. The molecule has 1 saturated carbocycles. The average molecular weight is 275 g/mol. The molecule has 0 amide bonds. The van der Waals surface area contributed by atoms with E-state index < -0.39 is 5.60 Å². The van der Waals surface area contributed by atoms with Gasteiger partial charge in [-0.3, -0.25) is 0 Å². The molecule has 3 rings (SSSR count). The third-order valence-corrected chi connectivity index (χ3v) is 3.85. The lowest BCUT2D eigenvalue weighted by Gasteiger charge is -2.23. The van der Waals surface area contributed by atoms with Crippen LogP contribution in [0, 0.1) is 0 Å². The molecule has 1 aliphatic carbocycles. The zero-order chi connectivity index (χ0) is 14.0. The van der Waals surface area contributed by atoms with Crippen molar-refractivity contribution in [3.8, 4) is 0 Å². The molecule has 0 unspecified atom stereocenters. The van der Waals surface area contributed by atoms with Crippen molar-refractivity contribution in [3.05, 3.63) is 18.6 Å². The summed E-state index contributed by atoms with van der Waals surface area (Å²) in [6, 6.07) is 0. The van der Waals surface area contributed by atoms with Gasteiger partial charge >= 0.3 is 0 Å². The summed E-state index contributed by atoms with van der Waals surface area (Å²) in [4.78, 5) is 8.85. The Labute approximate surface area is 118 Å². The predicted molar refractivity (Wildman–Crippen MR) is 79.1 cm³/mol. The fraction of sp³-hybridized carbons (Fsp3) is 0.571. The number of imidazole rings is 1. The van der Waals surface area contributed by atoms with Gasteiger partial charge in [0.15, 0.2) is 11.5 Å². The van der Waals surface area contributed by atoms with E-state index in [4.69, 9.17) is 0 Å². The summed E-state index contributed by atoms with van der Waals surface area (Å²) < 4.78 is 1.94. The van der Waals surface area contributed by atoms with Gasteiger partial charge in [-0.2, -0.15) is 0 Å². The van der Waals surface area contributed by atoms with Crippen molar-refractivity contribution in [2.24, 2.45) is 0 Å².